The van der Waals surface area contributed by atoms with E-state index in [-0.39, 0.29) is 64.8 Å². The van der Waals surface area contributed by atoms with Crippen LogP contribution in [0, 0.1) is 0 Å². The molecular weight excluding hydrogens is 1380 g/mol. The molecule has 0 saturated carbocycles. The molecule has 0 bridgehead atoms. The number of fused-ring (bicyclic) bond motifs is 12. The third-order valence-corrected chi connectivity index (χ3v) is 16.2. The van der Waals surface area contributed by atoms with E-state index in [1.165, 1.54) is 50.7 Å². The first kappa shape index (κ1) is 86.0. The number of methoxy groups -OCH3 is 4. The molecular formula is C76H87N8O22+. The summed E-state index contributed by atoms with van der Waals surface area (Å²) in [4.78, 5) is 107. The molecule has 4 atom stereocenters. The number of amides is 6. The predicted molar refractivity (Wildman–Crippen MR) is 389 cm³/mol. The Kier molecular flexibility index (Phi) is 34.8. The number of aliphatic hydroxyl groups is 2. The number of carboxylic acids is 2. The van der Waals surface area contributed by atoms with Crippen molar-refractivity contribution in [3.05, 3.63) is 239 Å². The average Bonchev–Trinajstić information content (AvgIpc) is 1.65. The van der Waals surface area contributed by atoms with Gasteiger partial charge in [-0.2, -0.15) is 0 Å². The number of aliphatic hydroxyl groups excluding tert-OH is 2. The molecule has 12 rings (SSSR count). The van der Waals surface area contributed by atoms with Crippen LogP contribution in [0.5, 0.6) is 0 Å². The summed E-state index contributed by atoms with van der Waals surface area (Å²) in [7, 11) is 6.10. The van der Waals surface area contributed by atoms with E-state index in [1.807, 2.05) is 151 Å². The van der Waals surface area contributed by atoms with Crippen LogP contribution < -0.4 is 45.0 Å². The van der Waals surface area contributed by atoms with Crippen LogP contribution in [0.4, 0.5) is 19.2 Å². The lowest BCUT2D eigenvalue weighted by atomic mass is 9.98. The SMILES string of the molecule is C.CO.COC(=O)C(NC(=O)OCC1c2ccccc2-c2ccccc21)OC.COC(N)C(N)=O.COC(NC(=O)OCC1c2ccccc2-c2ccccc21)C(N)=O.N.NC(=O)OCC1c2ccccc2-c2ccccc21.O=C(NC(O)C(=O)O)OCC1c2ccccc2-c2ccccc21.O=CC(=O)O.[H+]. The molecule has 0 aromatic heterocycles. The van der Waals surface area contributed by atoms with Crippen molar-refractivity contribution in [2.45, 2.75) is 56.0 Å². The van der Waals surface area contributed by atoms with Crippen LogP contribution in [-0.2, 0) is 66.7 Å². The summed E-state index contributed by atoms with van der Waals surface area (Å²) in [6.07, 6.45) is -8.69. The van der Waals surface area contributed by atoms with Crippen molar-refractivity contribution >= 4 is 60.4 Å². The van der Waals surface area contributed by atoms with Crippen LogP contribution in [0.1, 0.15) is 77.0 Å². The fourth-order valence-corrected chi connectivity index (χ4v) is 11.6. The van der Waals surface area contributed by atoms with Gasteiger partial charge in [0.15, 0.2) is 6.23 Å². The molecule has 6 amide bonds. The third kappa shape index (κ3) is 22.8. The molecule has 30 nitrogen and oxygen atoms in total. The van der Waals surface area contributed by atoms with Crippen LogP contribution in [0.15, 0.2) is 194 Å². The monoisotopic (exact) mass is 1460 g/mol. The topological polar surface area (TPSA) is 501 Å². The second kappa shape index (κ2) is 42.9. The number of aldehydes is 1. The number of nitrogens with two attached hydrogens (primary N) is 4. The summed E-state index contributed by atoms with van der Waals surface area (Å²) in [6.45, 7) is 0.683. The zero-order valence-corrected chi connectivity index (χ0v) is 57.7. The molecule has 8 aromatic rings. The molecule has 0 fully saturated rings. The molecule has 30 heteroatoms. The number of primary amides is 3. The molecule has 0 saturated heterocycles. The molecule has 0 radical (unpaired) electrons. The average molecular weight is 1460 g/mol. The number of hydrogen-bond donors (Lipinski definition) is 12. The highest BCUT2D eigenvalue weighted by atomic mass is 16.6. The van der Waals surface area contributed by atoms with Gasteiger partial charge in [-0.3, -0.25) is 36.1 Å². The van der Waals surface area contributed by atoms with Crippen molar-refractivity contribution < 1.29 is 108 Å². The van der Waals surface area contributed by atoms with Gasteiger partial charge in [-0.25, -0.2) is 33.6 Å². The molecule has 0 spiro atoms. The van der Waals surface area contributed by atoms with E-state index < -0.39 is 79.0 Å². The Hall–Kier alpha value is -12.4. The number of ether oxygens (including phenoxy) is 8. The molecule has 0 aliphatic heterocycles. The fourth-order valence-electron chi connectivity index (χ4n) is 11.6. The van der Waals surface area contributed by atoms with Crippen LogP contribution in [0.3, 0.4) is 0 Å². The molecule has 18 N–H and O–H groups in total. The molecule has 8 aromatic carbocycles. The predicted octanol–water partition coefficient (Wildman–Crippen LogP) is 7.67. The summed E-state index contributed by atoms with van der Waals surface area (Å²) < 4.78 is 39.2. The van der Waals surface area contributed by atoms with Gasteiger partial charge in [0.2, 0.25) is 25.0 Å². The van der Waals surface area contributed by atoms with E-state index in [0.29, 0.717) is 6.61 Å². The first-order chi connectivity index (χ1) is 50.1. The number of esters is 1. The number of benzene rings is 8. The van der Waals surface area contributed by atoms with Gasteiger partial charge in [-0.05, 0) is 89.0 Å². The maximum atomic E-state index is 12.0. The lowest BCUT2D eigenvalue weighted by Crippen LogP contribution is -2.46. The molecule has 4 unspecified atom stereocenters. The molecule has 562 valence electrons. The highest BCUT2D eigenvalue weighted by molar-refractivity contribution is 6.19. The summed E-state index contributed by atoms with van der Waals surface area (Å²) in [5.41, 5.74) is 37.9. The molecule has 4 aliphatic rings. The number of alkyl carbamates (subject to hydrolysis) is 3. The number of aliphatic carboxylic acids is 2. The molecule has 4 aliphatic carbocycles. The summed E-state index contributed by atoms with van der Waals surface area (Å²) >= 11 is 0. The minimum Gasteiger partial charge on any atom is -0.478 e. The number of nitrogens with one attached hydrogen (secondary N) is 3. The minimum absolute atomic E-state index is 0. The van der Waals surface area contributed by atoms with E-state index in [0.717, 1.165) is 73.9 Å². The van der Waals surface area contributed by atoms with Crippen molar-refractivity contribution in [2.75, 3.05) is 62.0 Å². The van der Waals surface area contributed by atoms with Gasteiger partial charge in [0.1, 0.15) is 26.4 Å². The number of carbonyl (C=O) groups excluding carboxylic acids is 8. The Morgan fingerprint density at radius 2 is 0.651 bits per heavy atom. The van der Waals surface area contributed by atoms with E-state index in [2.05, 4.69) is 74.4 Å². The maximum Gasteiger partial charge on any atom is 1.00 e. The smallest absolute Gasteiger partial charge is 0.478 e. The standard InChI is InChI=1S/C19H19NO5.C18H18N2O4.C17H15NO5.C15H13NO2.C3H8N2O2.C2H2O3.CH4O.CH4.H3N/c1-23-17(18(21)24-2)20-19(22)25-11-16-14-9-5-3-7-12(14)13-8-4-6-10-15(13)16;1-23-17(16(19)21)20-18(22)24-10-15-13-8-4-2-6-11(13)12-7-3-5-9-14(12)15;19-15(16(20)21)18-17(22)23-9-14-12-7-3-1-5-10(12)11-6-2-4-8-13(11)14;16-15(17)18-9-14-12-7-3-1-5-10(12)11-6-2-4-8-13(11)14;1-7-3(5)2(4)6;3-1-2(4)5;1-2;;/h3-10,16-17H,11H2,1-2H3,(H,20,22);2-9,15,17H,10H2,1H3,(H2,19,21)(H,20,22);1-8,14-15,19H,9H2,(H,18,22)(H,20,21);1-8,14H,9H2,(H2,16,17);3H,5H2,1H3,(H2,4,6);1H,(H,4,5);2H,1H3;1H4;1H3/p+1. The Balaban J connectivity index is 0.000000347. The second-order valence-electron chi connectivity index (χ2n) is 22.2. The highest BCUT2D eigenvalue weighted by Gasteiger charge is 2.34. The normalized spacial score (nSPS) is 12.7. The number of rotatable bonds is 19. The van der Waals surface area contributed by atoms with Crippen molar-refractivity contribution in [3.8, 4) is 44.5 Å². The Labute approximate surface area is 611 Å². The zero-order chi connectivity index (χ0) is 76.0. The van der Waals surface area contributed by atoms with E-state index in [9.17, 15) is 38.4 Å². The zero-order valence-electron chi connectivity index (χ0n) is 58.7. The van der Waals surface area contributed by atoms with Crippen molar-refractivity contribution in [1.82, 2.24) is 22.1 Å². The van der Waals surface area contributed by atoms with Crippen LogP contribution >= 0.6 is 0 Å². The Bertz CT molecular complexity index is 4140. The number of carboxylic acid groups (broad SMARTS) is 2. The Morgan fingerprint density at radius 1 is 0.415 bits per heavy atom. The van der Waals surface area contributed by atoms with Crippen molar-refractivity contribution in [3.63, 3.8) is 0 Å². The van der Waals surface area contributed by atoms with Gasteiger partial charge in [-0.1, -0.05) is 202 Å². The highest BCUT2D eigenvalue weighted by Crippen LogP contribution is 2.48. The first-order valence-corrected chi connectivity index (χ1v) is 31.6. The lowest BCUT2D eigenvalue weighted by Gasteiger charge is -2.17. The van der Waals surface area contributed by atoms with Crippen LogP contribution in [0.25, 0.3) is 44.5 Å². The van der Waals surface area contributed by atoms with Gasteiger partial charge in [0.25, 0.3) is 11.8 Å². The van der Waals surface area contributed by atoms with Gasteiger partial charge < -0.3 is 81.7 Å². The number of hydrogen-bond acceptors (Lipinski definition) is 22. The van der Waals surface area contributed by atoms with Gasteiger partial charge in [0, 0.05) is 52.1 Å². The summed E-state index contributed by atoms with van der Waals surface area (Å²) in [5.74, 6) is -5.22. The molecule has 0 heterocycles. The fraction of sp³-hybridized carbons (Fsp3) is 0.237. The Morgan fingerprint density at radius 3 is 0.840 bits per heavy atom. The quantitative estimate of drug-likeness (QED) is 0.0121. The third-order valence-electron chi connectivity index (χ3n) is 16.2. The lowest BCUT2D eigenvalue weighted by molar-refractivity contribution is -0.154. The van der Waals surface area contributed by atoms with Gasteiger partial charge >= 0.3 is 43.7 Å². The molecule has 106 heavy (non-hydrogen) atoms. The largest absolute Gasteiger partial charge is 1.00 e. The van der Waals surface area contributed by atoms with E-state index in [1.54, 1.807) is 0 Å². The number of carbonyl (C=O) groups is 10. The van der Waals surface area contributed by atoms with Crippen LogP contribution in [0.2, 0.25) is 0 Å². The minimum atomic E-state index is -1.98. The first-order valence-electron chi connectivity index (χ1n) is 31.6. The maximum absolute atomic E-state index is 12.0. The van der Waals surface area contributed by atoms with Gasteiger partial charge in [0.05, 0.1) is 7.11 Å². The van der Waals surface area contributed by atoms with Crippen molar-refractivity contribution in [2.24, 2.45) is 22.9 Å². The van der Waals surface area contributed by atoms with Crippen LogP contribution in [-0.4, -0.2) is 168 Å². The second-order valence-corrected chi connectivity index (χ2v) is 22.2. The van der Waals surface area contributed by atoms with Gasteiger partial charge in [-0.15, -0.1) is 0 Å². The summed E-state index contributed by atoms with van der Waals surface area (Å²) in [5, 5.41) is 38.5. The van der Waals surface area contributed by atoms with E-state index in [4.69, 9.17) is 75.6 Å². The van der Waals surface area contributed by atoms with Crippen molar-refractivity contribution in [1.29, 1.82) is 0 Å². The van der Waals surface area contributed by atoms with E-state index >= 15 is 0 Å². The summed E-state index contributed by atoms with van der Waals surface area (Å²) in [6, 6.07) is 64.3.